The molecule has 1 aliphatic carbocycles. The highest BCUT2D eigenvalue weighted by Crippen LogP contribution is 2.40. The van der Waals surface area contributed by atoms with E-state index in [4.69, 9.17) is 0 Å². The van der Waals surface area contributed by atoms with Gasteiger partial charge in [-0.15, -0.1) is 0 Å². The lowest BCUT2D eigenvalue weighted by Gasteiger charge is -2.33. The summed E-state index contributed by atoms with van der Waals surface area (Å²) in [5.74, 6) is -6.66. The van der Waals surface area contributed by atoms with Crippen LogP contribution in [-0.4, -0.2) is 34.0 Å². The second-order valence-electron chi connectivity index (χ2n) is 6.14. The Kier molecular flexibility index (Phi) is 4.04. The minimum absolute atomic E-state index is 0.0576. The van der Waals surface area contributed by atoms with Crippen LogP contribution in [0.4, 0.5) is 13.2 Å². The van der Waals surface area contributed by atoms with Gasteiger partial charge in [-0.3, -0.25) is 4.79 Å². The Morgan fingerprint density at radius 1 is 1.09 bits per heavy atom. The van der Waals surface area contributed by atoms with Gasteiger partial charge >= 0.3 is 5.97 Å². The number of carboxylic acids is 1. The second-order valence-corrected chi connectivity index (χ2v) is 6.14. The van der Waals surface area contributed by atoms with E-state index >= 15 is 0 Å². The van der Waals surface area contributed by atoms with Crippen molar-refractivity contribution in [2.45, 2.75) is 44.2 Å². The molecule has 1 aromatic carbocycles. The summed E-state index contributed by atoms with van der Waals surface area (Å²) in [6.07, 6.45) is 3.60. The second kappa shape index (κ2) is 5.86. The number of fused-ring (bicyclic) bond motifs is 1. The summed E-state index contributed by atoms with van der Waals surface area (Å²) in [5, 5.41) is 9.37. The molecule has 124 valence electrons. The van der Waals surface area contributed by atoms with Crippen LogP contribution in [0.25, 0.3) is 0 Å². The maximum absolute atomic E-state index is 13.9. The molecular weight excluding hydrogens is 311 g/mol. The molecule has 0 bridgehead atoms. The zero-order valence-corrected chi connectivity index (χ0v) is 12.3. The minimum Gasteiger partial charge on any atom is -0.480 e. The molecule has 0 aromatic heterocycles. The van der Waals surface area contributed by atoms with Gasteiger partial charge in [-0.05, 0) is 37.3 Å². The van der Waals surface area contributed by atoms with E-state index in [9.17, 15) is 27.9 Å². The Balaban J connectivity index is 1.99. The quantitative estimate of drug-likeness (QED) is 0.850. The Labute approximate surface area is 130 Å². The van der Waals surface area contributed by atoms with Gasteiger partial charge in [-0.25, -0.2) is 18.0 Å². The third-order valence-corrected chi connectivity index (χ3v) is 4.87. The van der Waals surface area contributed by atoms with E-state index in [1.54, 1.807) is 0 Å². The van der Waals surface area contributed by atoms with Crippen molar-refractivity contribution in [3.63, 3.8) is 0 Å². The van der Waals surface area contributed by atoms with E-state index in [-0.39, 0.29) is 12.0 Å². The Morgan fingerprint density at radius 2 is 1.78 bits per heavy atom. The molecular formula is C16H16F3NO3. The van der Waals surface area contributed by atoms with Crippen molar-refractivity contribution in [2.24, 2.45) is 5.92 Å². The molecule has 1 saturated carbocycles. The molecule has 0 spiro atoms. The largest absolute Gasteiger partial charge is 0.480 e. The van der Waals surface area contributed by atoms with Crippen LogP contribution < -0.4 is 0 Å². The summed E-state index contributed by atoms with van der Waals surface area (Å²) in [5.41, 5.74) is -0.624. The smallest absolute Gasteiger partial charge is 0.326 e. The topological polar surface area (TPSA) is 57.6 Å². The van der Waals surface area contributed by atoms with Crippen LogP contribution in [0.2, 0.25) is 0 Å². The molecule has 2 fully saturated rings. The maximum atomic E-state index is 13.9. The molecule has 7 heteroatoms. The molecule has 1 heterocycles. The highest BCUT2D eigenvalue weighted by molar-refractivity contribution is 5.97. The number of carbonyl (C=O) groups is 2. The first-order chi connectivity index (χ1) is 10.9. The van der Waals surface area contributed by atoms with E-state index in [1.165, 1.54) is 0 Å². The molecule has 1 amide bonds. The Morgan fingerprint density at radius 3 is 2.48 bits per heavy atom. The Bertz CT molecular complexity index is 664. The summed E-state index contributed by atoms with van der Waals surface area (Å²) < 4.78 is 40.3. The fourth-order valence-corrected chi connectivity index (χ4v) is 3.80. The summed E-state index contributed by atoms with van der Waals surface area (Å²) in [6, 6.07) is 0.203. The molecule has 1 N–H and O–H groups in total. The molecule has 4 nitrogen and oxygen atoms in total. The third-order valence-electron chi connectivity index (χ3n) is 4.87. The lowest BCUT2D eigenvalue weighted by atomic mass is 9.84. The SMILES string of the molecule is O=C(O)[C@@H]1C[C@@H]2CCCC[C@H]2N1C(=O)c1ccc(F)c(F)c1F. The van der Waals surface area contributed by atoms with Crippen molar-refractivity contribution in [3.8, 4) is 0 Å². The highest BCUT2D eigenvalue weighted by Gasteiger charge is 2.48. The van der Waals surface area contributed by atoms with Gasteiger partial charge in [-0.1, -0.05) is 12.8 Å². The van der Waals surface area contributed by atoms with Gasteiger partial charge in [0, 0.05) is 6.04 Å². The van der Waals surface area contributed by atoms with Crippen molar-refractivity contribution in [1.82, 2.24) is 4.90 Å². The van der Waals surface area contributed by atoms with Crippen molar-refractivity contribution in [3.05, 3.63) is 35.1 Å². The molecule has 1 saturated heterocycles. The van der Waals surface area contributed by atoms with Crippen LogP contribution >= 0.6 is 0 Å². The molecule has 3 atom stereocenters. The van der Waals surface area contributed by atoms with Crippen molar-refractivity contribution >= 4 is 11.9 Å². The van der Waals surface area contributed by atoms with Gasteiger partial charge in [0.05, 0.1) is 5.56 Å². The number of amides is 1. The zero-order chi connectivity index (χ0) is 16.7. The van der Waals surface area contributed by atoms with Gasteiger partial charge in [-0.2, -0.15) is 0 Å². The third kappa shape index (κ3) is 2.58. The van der Waals surface area contributed by atoms with Crippen molar-refractivity contribution in [1.29, 1.82) is 0 Å². The van der Waals surface area contributed by atoms with E-state index in [1.807, 2.05) is 0 Å². The number of likely N-dealkylation sites (tertiary alicyclic amines) is 1. The fraction of sp³-hybridized carbons (Fsp3) is 0.500. The minimum atomic E-state index is -1.72. The number of nitrogens with zero attached hydrogens (tertiary/aromatic N) is 1. The van der Waals surface area contributed by atoms with Crippen LogP contribution in [0.15, 0.2) is 12.1 Å². The van der Waals surface area contributed by atoms with Gasteiger partial charge < -0.3 is 10.0 Å². The first-order valence-electron chi connectivity index (χ1n) is 7.60. The van der Waals surface area contributed by atoms with Gasteiger partial charge in [0.1, 0.15) is 6.04 Å². The molecule has 1 aromatic rings. The van der Waals surface area contributed by atoms with Gasteiger partial charge in [0.25, 0.3) is 5.91 Å². The average Bonchev–Trinajstić information content (AvgIpc) is 2.92. The summed E-state index contributed by atoms with van der Waals surface area (Å²) in [4.78, 5) is 25.3. The molecule has 3 rings (SSSR count). The van der Waals surface area contributed by atoms with Gasteiger partial charge in [0.2, 0.25) is 0 Å². The van der Waals surface area contributed by atoms with Gasteiger partial charge in [0.15, 0.2) is 17.5 Å². The van der Waals surface area contributed by atoms with E-state index in [2.05, 4.69) is 0 Å². The highest BCUT2D eigenvalue weighted by atomic mass is 19.2. The number of halogens is 3. The van der Waals surface area contributed by atoms with Crippen LogP contribution in [0.1, 0.15) is 42.5 Å². The summed E-state index contributed by atoms with van der Waals surface area (Å²) >= 11 is 0. The standard InChI is InChI=1S/C16H16F3NO3/c17-10-6-5-9(13(18)14(10)19)15(21)20-11-4-2-1-3-8(11)7-12(20)16(22)23/h5-6,8,11-12H,1-4,7H2,(H,22,23)/t8-,11+,12-/m0/s1. The van der Waals surface area contributed by atoms with Crippen LogP contribution in [0, 0.1) is 23.4 Å². The number of carbonyl (C=O) groups excluding carboxylic acids is 1. The summed E-state index contributed by atoms with van der Waals surface area (Å²) in [7, 11) is 0. The average molecular weight is 327 g/mol. The number of hydrogen-bond donors (Lipinski definition) is 1. The number of rotatable bonds is 2. The molecule has 1 aliphatic heterocycles. The normalized spacial score (nSPS) is 26.9. The monoisotopic (exact) mass is 327 g/mol. The van der Waals surface area contributed by atoms with E-state index in [0.29, 0.717) is 18.9 Å². The van der Waals surface area contributed by atoms with Crippen LogP contribution in [-0.2, 0) is 4.79 Å². The molecule has 23 heavy (non-hydrogen) atoms. The molecule has 0 radical (unpaired) electrons. The van der Waals surface area contributed by atoms with Crippen molar-refractivity contribution in [2.75, 3.05) is 0 Å². The van der Waals surface area contributed by atoms with Crippen molar-refractivity contribution < 1.29 is 27.9 Å². The Hall–Kier alpha value is -2.05. The van der Waals surface area contributed by atoms with E-state index in [0.717, 1.165) is 30.2 Å². The first kappa shape index (κ1) is 15.8. The fourth-order valence-electron chi connectivity index (χ4n) is 3.80. The lowest BCUT2D eigenvalue weighted by Crippen LogP contribution is -2.46. The van der Waals surface area contributed by atoms with E-state index < -0.39 is 40.9 Å². The maximum Gasteiger partial charge on any atom is 0.326 e. The predicted octanol–water partition coefficient (Wildman–Crippen LogP) is 2.96. The summed E-state index contributed by atoms with van der Waals surface area (Å²) in [6.45, 7) is 0. The lowest BCUT2D eigenvalue weighted by molar-refractivity contribution is -0.141. The number of carboxylic acid groups (broad SMARTS) is 1. The number of hydrogen-bond acceptors (Lipinski definition) is 2. The predicted molar refractivity (Wildman–Crippen MR) is 74.3 cm³/mol. The molecule has 2 aliphatic rings. The number of benzene rings is 1. The van der Waals surface area contributed by atoms with Crippen LogP contribution in [0.5, 0.6) is 0 Å². The number of aliphatic carboxylic acids is 1. The van der Waals surface area contributed by atoms with Crippen LogP contribution in [0.3, 0.4) is 0 Å². The zero-order valence-electron chi connectivity index (χ0n) is 12.3. The first-order valence-corrected chi connectivity index (χ1v) is 7.60. The molecule has 0 unspecified atom stereocenters.